The smallest absolute Gasteiger partial charge is 0.323 e. The number of carbonyl (C=O) groups is 2. The number of aryl methyl sites for hydroxylation is 1. The van der Waals surface area contributed by atoms with Crippen molar-refractivity contribution in [2.75, 3.05) is 13.1 Å². The van der Waals surface area contributed by atoms with Crippen LogP contribution in [0.25, 0.3) is 0 Å². The predicted molar refractivity (Wildman–Crippen MR) is 87.2 cm³/mol. The van der Waals surface area contributed by atoms with E-state index in [1.165, 1.54) is 34.4 Å². The zero-order valence-electron chi connectivity index (χ0n) is 13.4. The number of aliphatic carboxylic acids is 1. The van der Waals surface area contributed by atoms with E-state index in [4.69, 9.17) is 5.11 Å². The molecule has 0 aromatic heterocycles. The van der Waals surface area contributed by atoms with E-state index < -0.39 is 5.97 Å². The van der Waals surface area contributed by atoms with Gasteiger partial charge in [-0.25, -0.2) is 0 Å². The second kappa shape index (κ2) is 7.13. The summed E-state index contributed by atoms with van der Waals surface area (Å²) in [5, 5.41) is 12.3. The number of hydrogen-bond donors (Lipinski definition) is 2. The van der Waals surface area contributed by atoms with Gasteiger partial charge in [0.05, 0.1) is 6.04 Å². The first-order valence-corrected chi connectivity index (χ1v) is 8.49. The molecule has 5 nitrogen and oxygen atoms in total. The number of amides is 1. The van der Waals surface area contributed by atoms with E-state index in [-0.39, 0.29) is 18.5 Å². The molecule has 23 heavy (non-hydrogen) atoms. The maximum absolute atomic E-state index is 12.4. The fourth-order valence-electron chi connectivity index (χ4n) is 3.71. The summed E-state index contributed by atoms with van der Waals surface area (Å²) in [6, 6.07) is 6.18. The molecule has 1 heterocycles. The molecule has 124 valence electrons. The molecule has 1 amide bonds. The van der Waals surface area contributed by atoms with Gasteiger partial charge in [-0.05, 0) is 55.2 Å². The van der Waals surface area contributed by atoms with Crippen LogP contribution in [-0.2, 0) is 29.0 Å². The van der Waals surface area contributed by atoms with Crippen LogP contribution in [0.3, 0.4) is 0 Å². The molecule has 3 rings (SSSR count). The van der Waals surface area contributed by atoms with Crippen LogP contribution in [0.2, 0.25) is 0 Å². The van der Waals surface area contributed by atoms with E-state index in [9.17, 15) is 9.59 Å². The van der Waals surface area contributed by atoms with Crippen molar-refractivity contribution in [2.24, 2.45) is 0 Å². The Hall–Kier alpha value is -1.88. The molecule has 1 atom stereocenters. The molecular weight excluding hydrogens is 292 g/mol. The van der Waals surface area contributed by atoms with Crippen LogP contribution in [-0.4, -0.2) is 41.0 Å². The van der Waals surface area contributed by atoms with Gasteiger partial charge in [0.25, 0.3) is 0 Å². The summed E-state index contributed by atoms with van der Waals surface area (Å²) in [6.07, 6.45) is 6.40. The highest BCUT2D eigenvalue weighted by atomic mass is 16.4. The van der Waals surface area contributed by atoms with E-state index in [2.05, 4.69) is 23.5 Å². The minimum Gasteiger partial charge on any atom is -0.480 e. The molecule has 1 saturated heterocycles. The minimum absolute atomic E-state index is 0.0801. The second-order valence-corrected chi connectivity index (χ2v) is 6.49. The van der Waals surface area contributed by atoms with E-state index in [1.807, 2.05) is 0 Å². The number of hydrogen-bond acceptors (Lipinski definition) is 3. The Morgan fingerprint density at radius 1 is 1.26 bits per heavy atom. The molecule has 0 spiro atoms. The Labute approximate surface area is 136 Å². The number of carboxylic acid groups (broad SMARTS) is 1. The third-order valence-electron chi connectivity index (χ3n) is 4.89. The van der Waals surface area contributed by atoms with Gasteiger partial charge in [0.1, 0.15) is 6.54 Å². The molecule has 2 aliphatic rings. The highest BCUT2D eigenvalue weighted by Crippen LogP contribution is 2.24. The van der Waals surface area contributed by atoms with Gasteiger partial charge in [-0.3, -0.25) is 9.59 Å². The Bertz CT molecular complexity index is 600. The first-order valence-electron chi connectivity index (χ1n) is 8.49. The SMILES string of the molecule is O=C(O)CN1CCCC(NCc2cccc3c2CCCC3)C1=O. The summed E-state index contributed by atoms with van der Waals surface area (Å²) in [5.41, 5.74) is 4.17. The van der Waals surface area contributed by atoms with Crippen molar-refractivity contribution in [3.8, 4) is 0 Å². The highest BCUT2D eigenvalue weighted by Gasteiger charge is 2.29. The fourth-order valence-corrected chi connectivity index (χ4v) is 3.71. The minimum atomic E-state index is -0.948. The molecule has 5 heteroatoms. The van der Waals surface area contributed by atoms with Gasteiger partial charge in [0.2, 0.25) is 5.91 Å². The quantitative estimate of drug-likeness (QED) is 0.868. The first kappa shape index (κ1) is 16.0. The van der Waals surface area contributed by atoms with Crippen LogP contribution in [0.15, 0.2) is 18.2 Å². The lowest BCUT2D eigenvalue weighted by molar-refractivity contribution is -0.146. The van der Waals surface area contributed by atoms with Crippen molar-refractivity contribution >= 4 is 11.9 Å². The maximum Gasteiger partial charge on any atom is 0.323 e. The van der Waals surface area contributed by atoms with Crippen molar-refractivity contribution < 1.29 is 14.7 Å². The first-order chi connectivity index (χ1) is 11.1. The third-order valence-corrected chi connectivity index (χ3v) is 4.89. The molecule has 0 saturated carbocycles. The van der Waals surface area contributed by atoms with Crippen molar-refractivity contribution in [3.63, 3.8) is 0 Å². The summed E-state index contributed by atoms with van der Waals surface area (Å²) in [6.45, 7) is 1.03. The average Bonchev–Trinajstić information content (AvgIpc) is 2.55. The standard InChI is InChI=1S/C18H24N2O3/c21-17(22)12-20-10-4-9-16(18(20)23)19-11-14-7-3-6-13-5-1-2-8-15(13)14/h3,6-7,16,19H,1-2,4-5,8-12H2,(H,21,22). The lowest BCUT2D eigenvalue weighted by atomic mass is 9.88. The summed E-state index contributed by atoms with van der Waals surface area (Å²) in [7, 11) is 0. The fraction of sp³-hybridized carbons (Fsp3) is 0.556. The molecule has 0 radical (unpaired) electrons. The molecule has 1 unspecified atom stereocenters. The number of nitrogens with zero attached hydrogens (tertiary/aromatic N) is 1. The van der Waals surface area contributed by atoms with Crippen LogP contribution in [0.5, 0.6) is 0 Å². The number of nitrogens with one attached hydrogen (secondary N) is 1. The van der Waals surface area contributed by atoms with Crippen LogP contribution in [0, 0.1) is 0 Å². The molecule has 2 N–H and O–H groups in total. The molecule has 1 fully saturated rings. The molecular formula is C18H24N2O3. The van der Waals surface area contributed by atoms with E-state index >= 15 is 0 Å². The predicted octanol–water partition coefficient (Wildman–Crippen LogP) is 1.73. The summed E-state index contributed by atoms with van der Waals surface area (Å²) in [5.74, 6) is -1.03. The van der Waals surface area contributed by atoms with Gasteiger partial charge in [0, 0.05) is 13.1 Å². The van der Waals surface area contributed by atoms with Crippen LogP contribution in [0.4, 0.5) is 0 Å². The number of likely N-dealkylation sites (tertiary alicyclic amines) is 1. The van der Waals surface area contributed by atoms with Crippen molar-refractivity contribution in [3.05, 3.63) is 34.9 Å². The van der Waals surface area contributed by atoms with Crippen LogP contribution < -0.4 is 5.32 Å². The van der Waals surface area contributed by atoms with E-state index in [0.29, 0.717) is 13.1 Å². The van der Waals surface area contributed by atoms with Gasteiger partial charge in [-0.1, -0.05) is 18.2 Å². The van der Waals surface area contributed by atoms with Crippen LogP contribution in [0.1, 0.15) is 42.4 Å². The van der Waals surface area contributed by atoms with Crippen molar-refractivity contribution in [1.29, 1.82) is 0 Å². The van der Waals surface area contributed by atoms with Gasteiger partial charge < -0.3 is 15.3 Å². The Morgan fingerprint density at radius 3 is 2.91 bits per heavy atom. The Kier molecular flexibility index (Phi) is 4.96. The number of benzene rings is 1. The summed E-state index contributed by atoms with van der Waals surface area (Å²) < 4.78 is 0. The Morgan fingerprint density at radius 2 is 2.09 bits per heavy atom. The second-order valence-electron chi connectivity index (χ2n) is 6.49. The van der Waals surface area contributed by atoms with E-state index in [0.717, 1.165) is 25.7 Å². The molecule has 1 aromatic carbocycles. The number of carboxylic acids is 1. The highest BCUT2D eigenvalue weighted by molar-refractivity contribution is 5.86. The zero-order chi connectivity index (χ0) is 16.2. The van der Waals surface area contributed by atoms with Gasteiger partial charge in [-0.2, -0.15) is 0 Å². The molecule has 1 aliphatic carbocycles. The number of carbonyl (C=O) groups excluding carboxylic acids is 1. The normalized spacial score (nSPS) is 21.1. The lowest BCUT2D eigenvalue weighted by Gasteiger charge is -2.32. The molecule has 1 aromatic rings. The van der Waals surface area contributed by atoms with E-state index in [1.54, 1.807) is 0 Å². The van der Waals surface area contributed by atoms with Gasteiger partial charge in [-0.15, -0.1) is 0 Å². The monoisotopic (exact) mass is 316 g/mol. The zero-order valence-corrected chi connectivity index (χ0v) is 13.4. The van der Waals surface area contributed by atoms with Crippen LogP contribution >= 0.6 is 0 Å². The average molecular weight is 316 g/mol. The maximum atomic E-state index is 12.4. The lowest BCUT2D eigenvalue weighted by Crippen LogP contribution is -2.51. The summed E-state index contributed by atoms with van der Waals surface area (Å²) >= 11 is 0. The van der Waals surface area contributed by atoms with Gasteiger partial charge in [0.15, 0.2) is 0 Å². The van der Waals surface area contributed by atoms with Gasteiger partial charge >= 0.3 is 5.97 Å². The third kappa shape index (κ3) is 3.72. The largest absolute Gasteiger partial charge is 0.480 e. The topological polar surface area (TPSA) is 69.6 Å². The molecule has 1 aliphatic heterocycles. The van der Waals surface area contributed by atoms with Crippen molar-refractivity contribution in [2.45, 2.75) is 51.1 Å². The number of fused-ring (bicyclic) bond motifs is 1. The number of rotatable bonds is 5. The number of piperidine rings is 1. The Balaban J connectivity index is 1.64. The van der Waals surface area contributed by atoms with Crippen molar-refractivity contribution in [1.82, 2.24) is 10.2 Å². The summed E-state index contributed by atoms with van der Waals surface area (Å²) in [4.78, 5) is 24.7. The molecule has 0 bridgehead atoms.